The van der Waals surface area contributed by atoms with E-state index in [1.807, 2.05) is 0 Å². The molecule has 0 aliphatic carbocycles. The highest BCUT2D eigenvalue weighted by molar-refractivity contribution is 7.48. The summed E-state index contributed by atoms with van der Waals surface area (Å²) in [5, 5.41) is 1.42. The SMILES string of the molecule is CCC(C)(Pc1c(C)cccc1CN(Cc1ccccc1)Cc1ccccc1)c1cc(C)cc(C)c1OCc1ccccc1. The lowest BCUT2D eigenvalue weighted by molar-refractivity contribution is 0.248. The Morgan fingerprint density at radius 1 is 0.636 bits per heavy atom. The van der Waals surface area contributed by atoms with Gasteiger partial charge in [0.2, 0.25) is 0 Å². The molecule has 5 rings (SSSR count). The molecule has 44 heavy (non-hydrogen) atoms. The van der Waals surface area contributed by atoms with Crippen molar-refractivity contribution < 1.29 is 4.74 Å². The van der Waals surface area contributed by atoms with E-state index >= 15 is 0 Å². The van der Waals surface area contributed by atoms with E-state index in [0.29, 0.717) is 15.2 Å². The predicted molar refractivity (Wildman–Crippen MR) is 189 cm³/mol. The van der Waals surface area contributed by atoms with Gasteiger partial charge in [0.15, 0.2) is 0 Å². The summed E-state index contributed by atoms with van der Waals surface area (Å²) in [6, 6.07) is 43.7. The molecular formula is C41H46NOP. The van der Waals surface area contributed by atoms with Crippen molar-refractivity contribution in [2.75, 3.05) is 0 Å². The van der Waals surface area contributed by atoms with E-state index < -0.39 is 0 Å². The molecule has 226 valence electrons. The highest BCUT2D eigenvalue weighted by Crippen LogP contribution is 2.49. The van der Waals surface area contributed by atoms with Gasteiger partial charge in [-0.05, 0) is 65.9 Å². The van der Waals surface area contributed by atoms with Crippen LogP contribution in [0.3, 0.4) is 0 Å². The first-order valence-electron chi connectivity index (χ1n) is 15.8. The molecular weight excluding hydrogens is 553 g/mol. The van der Waals surface area contributed by atoms with Crippen molar-refractivity contribution in [2.45, 2.75) is 72.4 Å². The molecule has 2 unspecified atom stereocenters. The van der Waals surface area contributed by atoms with Crippen molar-refractivity contribution >= 4 is 13.9 Å². The molecule has 0 bridgehead atoms. The Kier molecular flexibility index (Phi) is 10.7. The van der Waals surface area contributed by atoms with Crippen molar-refractivity contribution in [3.63, 3.8) is 0 Å². The fourth-order valence-electron chi connectivity index (χ4n) is 6.04. The lowest BCUT2D eigenvalue weighted by Crippen LogP contribution is -2.27. The van der Waals surface area contributed by atoms with Gasteiger partial charge >= 0.3 is 0 Å². The van der Waals surface area contributed by atoms with Crippen LogP contribution < -0.4 is 10.0 Å². The summed E-state index contributed by atoms with van der Waals surface area (Å²) in [6.45, 7) is 14.8. The van der Waals surface area contributed by atoms with Crippen LogP contribution in [0.1, 0.15) is 64.8 Å². The van der Waals surface area contributed by atoms with E-state index in [0.717, 1.165) is 31.8 Å². The van der Waals surface area contributed by atoms with Crippen LogP contribution in [0.15, 0.2) is 121 Å². The average Bonchev–Trinajstić information content (AvgIpc) is 3.03. The summed E-state index contributed by atoms with van der Waals surface area (Å²) in [5.74, 6) is 1.04. The minimum atomic E-state index is -0.0621. The zero-order valence-electron chi connectivity index (χ0n) is 26.9. The van der Waals surface area contributed by atoms with Crippen LogP contribution >= 0.6 is 8.58 Å². The van der Waals surface area contributed by atoms with Gasteiger partial charge < -0.3 is 4.74 Å². The third kappa shape index (κ3) is 8.06. The largest absolute Gasteiger partial charge is 0.488 e. The number of aryl methyl sites for hydroxylation is 3. The van der Waals surface area contributed by atoms with Crippen molar-refractivity contribution in [3.8, 4) is 5.75 Å². The van der Waals surface area contributed by atoms with Gasteiger partial charge in [0.05, 0.1) is 0 Å². The van der Waals surface area contributed by atoms with Gasteiger partial charge in [0.25, 0.3) is 0 Å². The molecule has 0 aliphatic rings. The number of ether oxygens (including phenoxy) is 1. The molecule has 0 N–H and O–H groups in total. The molecule has 0 radical (unpaired) electrons. The molecule has 0 heterocycles. The third-order valence-corrected chi connectivity index (χ3v) is 10.7. The quantitative estimate of drug-likeness (QED) is 0.125. The van der Waals surface area contributed by atoms with E-state index in [1.54, 1.807) is 0 Å². The second-order valence-electron chi connectivity index (χ2n) is 12.3. The first kappa shape index (κ1) is 31.7. The lowest BCUT2D eigenvalue weighted by Gasteiger charge is -2.34. The molecule has 0 aromatic heterocycles. The Morgan fingerprint density at radius 2 is 1.20 bits per heavy atom. The second-order valence-corrected chi connectivity index (χ2v) is 14.1. The van der Waals surface area contributed by atoms with E-state index in [9.17, 15) is 0 Å². The Morgan fingerprint density at radius 3 is 1.77 bits per heavy atom. The van der Waals surface area contributed by atoms with Crippen LogP contribution in [-0.4, -0.2) is 4.90 Å². The first-order valence-corrected chi connectivity index (χ1v) is 16.8. The van der Waals surface area contributed by atoms with Gasteiger partial charge in [-0.2, -0.15) is 0 Å². The molecule has 0 spiro atoms. The number of nitrogens with zero attached hydrogens (tertiary/aromatic N) is 1. The molecule has 3 heteroatoms. The van der Waals surface area contributed by atoms with Crippen molar-refractivity contribution in [2.24, 2.45) is 0 Å². The molecule has 0 saturated carbocycles. The molecule has 0 saturated heterocycles. The maximum absolute atomic E-state index is 6.65. The van der Waals surface area contributed by atoms with Crippen molar-refractivity contribution in [1.29, 1.82) is 0 Å². The van der Waals surface area contributed by atoms with Crippen LogP contribution in [0.5, 0.6) is 5.75 Å². The van der Waals surface area contributed by atoms with Gasteiger partial charge in [-0.25, -0.2) is 0 Å². The smallest absolute Gasteiger partial charge is 0.126 e. The number of hydrogen-bond acceptors (Lipinski definition) is 2. The molecule has 5 aromatic rings. The average molecular weight is 600 g/mol. The first-order chi connectivity index (χ1) is 21.3. The maximum Gasteiger partial charge on any atom is 0.126 e. The summed E-state index contributed by atoms with van der Waals surface area (Å²) in [5.41, 5.74) is 10.5. The zero-order valence-corrected chi connectivity index (χ0v) is 27.9. The van der Waals surface area contributed by atoms with Crippen LogP contribution in [0.4, 0.5) is 0 Å². The standard InChI is InChI=1S/C41H46NOP/c1-6-41(5,38-26-31(2)25-33(4)39(38)43-30-36-22-14-9-15-23-36)44-40-32(3)17-16-24-37(40)29-42(27-34-18-10-7-11-19-34)28-35-20-12-8-13-21-35/h7-26,44H,6,27-30H2,1-5H3. The summed E-state index contributed by atoms with van der Waals surface area (Å²) in [6.07, 6.45) is 1.03. The number of rotatable bonds is 13. The van der Waals surface area contributed by atoms with Crippen LogP contribution in [0.25, 0.3) is 0 Å². The Bertz CT molecular complexity index is 1590. The second kappa shape index (κ2) is 14.8. The van der Waals surface area contributed by atoms with Gasteiger partial charge in [-0.1, -0.05) is 149 Å². The van der Waals surface area contributed by atoms with Crippen LogP contribution in [-0.2, 0) is 31.4 Å². The molecule has 0 amide bonds. The van der Waals surface area contributed by atoms with Gasteiger partial charge in [-0.15, -0.1) is 0 Å². The fourth-order valence-corrected chi connectivity index (χ4v) is 7.69. The zero-order chi connectivity index (χ0) is 30.9. The summed E-state index contributed by atoms with van der Waals surface area (Å²) in [4.78, 5) is 2.59. The fraction of sp³-hybridized carbons (Fsp3) is 0.268. The molecule has 0 aliphatic heterocycles. The molecule has 2 atom stereocenters. The van der Waals surface area contributed by atoms with Gasteiger partial charge in [0.1, 0.15) is 12.4 Å². The molecule has 2 nitrogen and oxygen atoms in total. The van der Waals surface area contributed by atoms with Gasteiger partial charge in [-0.3, -0.25) is 4.90 Å². The minimum Gasteiger partial charge on any atom is -0.488 e. The van der Waals surface area contributed by atoms with Crippen LogP contribution in [0, 0.1) is 20.8 Å². The topological polar surface area (TPSA) is 12.5 Å². The van der Waals surface area contributed by atoms with Crippen molar-refractivity contribution in [1.82, 2.24) is 4.90 Å². The van der Waals surface area contributed by atoms with Crippen LogP contribution in [0.2, 0.25) is 0 Å². The van der Waals surface area contributed by atoms with E-state index in [4.69, 9.17) is 4.74 Å². The molecule has 5 aromatic carbocycles. The normalized spacial score (nSPS) is 13.0. The third-order valence-electron chi connectivity index (χ3n) is 8.60. The van der Waals surface area contributed by atoms with E-state index in [2.05, 4.69) is 161 Å². The predicted octanol–water partition coefficient (Wildman–Crippen LogP) is 10.0. The maximum atomic E-state index is 6.65. The monoisotopic (exact) mass is 599 g/mol. The van der Waals surface area contributed by atoms with E-state index in [1.165, 1.54) is 49.8 Å². The molecule has 0 fully saturated rings. The lowest BCUT2D eigenvalue weighted by atomic mass is 9.92. The Labute approximate surface area is 266 Å². The number of benzene rings is 5. The van der Waals surface area contributed by atoms with E-state index in [-0.39, 0.29) is 5.16 Å². The highest BCUT2D eigenvalue weighted by Gasteiger charge is 2.31. The highest BCUT2D eigenvalue weighted by atomic mass is 31.1. The number of hydrogen-bond donors (Lipinski definition) is 0. The summed E-state index contributed by atoms with van der Waals surface area (Å²) >= 11 is 0. The summed E-state index contributed by atoms with van der Waals surface area (Å²) < 4.78 is 6.65. The van der Waals surface area contributed by atoms with Gasteiger partial charge in [0, 0.05) is 30.4 Å². The minimum absolute atomic E-state index is 0.0621. The Hall–Kier alpha value is -3.71. The van der Waals surface area contributed by atoms with Crippen molar-refractivity contribution in [3.05, 3.63) is 166 Å². The Balaban J connectivity index is 1.48. The summed E-state index contributed by atoms with van der Waals surface area (Å²) in [7, 11) is 0.612.